The summed E-state index contributed by atoms with van der Waals surface area (Å²) in [5, 5.41) is 3.85. The van der Waals surface area contributed by atoms with Crippen LogP contribution in [0.25, 0.3) is 23.0 Å². The Morgan fingerprint density at radius 1 is 1.11 bits per heavy atom. The molecule has 18 heavy (non-hydrogen) atoms. The molecule has 0 aliphatic rings. The van der Waals surface area contributed by atoms with E-state index in [0.717, 1.165) is 0 Å². The Bertz CT molecular complexity index is 649. The second kappa shape index (κ2) is 4.21. The van der Waals surface area contributed by atoms with Gasteiger partial charge in [0.25, 0.3) is 5.89 Å². The zero-order valence-electron chi connectivity index (χ0n) is 9.19. The Morgan fingerprint density at radius 3 is 2.78 bits per heavy atom. The Morgan fingerprint density at radius 2 is 2.06 bits per heavy atom. The van der Waals surface area contributed by atoms with Crippen LogP contribution in [0, 0.1) is 0 Å². The van der Waals surface area contributed by atoms with Crippen LogP contribution >= 0.6 is 0 Å². The first-order valence-electron chi connectivity index (χ1n) is 5.15. The highest BCUT2D eigenvalue weighted by atomic mass is 16.5. The maximum absolute atomic E-state index is 5.51. The van der Waals surface area contributed by atoms with Crippen molar-refractivity contribution in [3.8, 4) is 23.0 Å². The molecule has 0 atom stereocenters. The molecule has 0 aliphatic carbocycles. The molecule has 0 radical (unpaired) electrons. The van der Waals surface area contributed by atoms with E-state index in [-0.39, 0.29) is 0 Å². The number of nitrogen functional groups attached to an aromatic ring is 1. The van der Waals surface area contributed by atoms with E-state index in [4.69, 9.17) is 10.3 Å². The van der Waals surface area contributed by atoms with Crippen molar-refractivity contribution >= 4 is 5.82 Å². The lowest BCUT2D eigenvalue weighted by Gasteiger charge is -1.93. The van der Waals surface area contributed by atoms with E-state index < -0.39 is 0 Å². The summed E-state index contributed by atoms with van der Waals surface area (Å²) >= 11 is 0. The fourth-order valence-electron chi connectivity index (χ4n) is 1.40. The number of hydrogen-bond acceptors (Lipinski definition) is 7. The number of nitrogens with two attached hydrogens (primary N) is 1. The van der Waals surface area contributed by atoms with Gasteiger partial charge in [-0.25, -0.2) is 15.0 Å². The Labute approximate surface area is 102 Å². The maximum Gasteiger partial charge on any atom is 0.259 e. The van der Waals surface area contributed by atoms with E-state index in [0.29, 0.717) is 28.8 Å². The van der Waals surface area contributed by atoms with Crippen molar-refractivity contribution < 1.29 is 4.52 Å². The summed E-state index contributed by atoms with van der Waals surface area (Å²) in [6.45, 7) is 0. The van der Waals surface area contributed by atoms with Gasteiger partial charge in [0.1, 0.15) is 17.8 Å². The first-order chi connectivity index (χ1) is 8.83. The first-order valence-corrected chi connectivity index (χ1v) is 5.15. The molecule has 7 nitrogen and oxygen atoms in total. The third-order valence-electron chi connectivity index (χ3n) is 2.27. The van der Waals surface area contributed by atoms with E-state index in [1.807, 2.05) is 0 Å². The van der Waals surface area contributed by atoms with E-state index in [1.165, 1.54) is 6.33 Å². The number of hydrogen-bond donors (Lipinski definition) is 1. The number of pyridine rings is 1. The van der Waals surface area contributed by atoms with Crippen LogP contribution in [0.1, 0.15) is 0 Å². The van der Waals surface area contributed by atoms with Crippen LogP contribution in [0.2, 0.25) is 0 Å². The van der Waals surface area contributed by atoms with Crippen LogP contribution in [0.15, 0.2) is 41.4 Å². The van der Waals surface area contributed by atoms with Crippen LogP contribution in [-0.4, -0.2) is 25.1 Å². The molecule has 88 valence electrons. The Hall–Kier alpha value is -2.83. The summed E-state index contributed by atoms with van der Waals surface area (Å²) in [5.41, 5.74) is 6.81. The molecule has 0 fully saturated rings. The lowest BCUT2D eigenvalue weighted by Crippen LogP contribution is -1.89. The van der Waals surface area contributed by atoms with Crippen molar-refractivity contribution in [3.63, 3.8) is 0 Å². The normalized spacial score (nSPS) is 10.4. The van der Waals surface area contributed by atoms with Gasteiger partial charge in [0.15, 0.2) is 0 Å². The molecule has 0 spiro atoms. The molecule has 0 aliphatic heterocycles. The average molecular weight is 240 g/mol. The zero-order valence-corrected chi connectivity index (χ0v) is 9.19. The molecule has 0 saturated heterocycles. The van der Waals surface area contributed by atoms with Gasteiger partial charge in [-0.15, -0.1) is 0 Å². The maximum atomic E-state index is 5.51. The third-order valence-corrected chi connectivity index (χ3v) is 2.27. The topological polar surface area (TPSA) is 104 Å². The molecule has 0 amide bonds. The Kier molecular flexibility index (Phi) is 2.41. The van der Waals surface area contributed by atoms with Crippen LogP contribution in [0.4, 0.5) is 5.82 Å². The van der Waals surface area contributed by atoms with E-state index in [9.17, 15) is 0 Å². The first kappa shape index (κ1) is 10.3. The number of nitrogens with zero attached hydrogens (tertiary/aromatic N) is 5. The summed E-state index contributed by atoms with van der Waals surface area (Å²) in [4.78, 5) is 16.1. The quantitative estimate of drug-likeness (QED) is 0.716. The molecule has 3 aromatic heterocycles. The predicted molar refractivity (Wildman–Crippen MR) is 63.0 cm³/mol. The molecule has 7 heteroatoms. The molecule has 0 unspecified atom stereocenters. The third kappa shape index (κ3) is 1.88. The second-order valence-corrected chi connectivity index (χ2v) is 3.49. The van der Waals surface area contributed by atoms with Crippen LogP contribution in [0.3, 0.4) is 0 Å². The van der Waals surface area contributed by atoms with Crippen molar-refractivity contribution in [3.05, 3.63) is 36.9 Å². The molecule has 0 bridgehead atoms. The molecule has 3 aromatic rings. The van der Waals surface area contributed by atoms with Crippen LogP contribution in [-0.2, 0) is 0 Å². The molecular formula is C11H8N6O. The molecule has 0 saturated carbocycles. The number of aromatic nitrogens is 5. The van der Waals surface area contributed by atoms with Gasteiger partial charge < -0.3 is 10.3 Å². The lowest BCUT2D eigenvalue weighted by atomic mass is 10.3. The highest BCUT2D eigenvalue weighted by Crippen LogP contribution is 2.20. The minimum atomic E-state index is 0.371. The van der Waals surface area contributed by atoms with E-state index in [1.54, 1.807) is 30.6 Å². The van der Waals surface area contributed by atoms with Crippen molar-refractivity contribution in [2.24, 2.45) is 0 Å². The van der Waals surface area contributed by atoms with Crippen LogP contribution in [0.5, 0.6) is 0 Å². The SMILES string of the molecule is Nc1ccc(-c2nc(-c3ccncn3)no2)cn1. The summed E-state index contributed by atoms with van der Waals surface area (Å²) in [6.07, 6.45) is 4.62. The van der Waals surface area contributed by atoms with Gasteiger partial charge in [0.05, 0.1) is 5.56 Å². The molecule has 3 rings (SSSR count). The van der Waals surface area contributed by atoms with E-state index >= 15 is 0 Å². The largest absolute Gasteiger partial charge is 0.384 e. The standard InChI is InChI=1S/C11H8N6O/c12-9-2-1-7(5-14-9)11-16-10(17-18-11)8-3-4-13-6-15-8/h1-6H,(H2,12,14). The second-order valence-electron chi connectivity index (χ2n) is 3.49. The smallest absolute Gasteiger partial charge is 0.259 e. The molecule has 0 aromatic carbocycles. The molecular weight excluding hydrogens is 232 g/mol. The van der Waals surface area contributed by atoms with Gasteiger partial charge in [0.2, 0.25) is 5.82 Å². The molecule has 3 heterocycles. The van der Waals surface area contributed by atoms with Crippen molar-refractivity contribution in [2.75, 3.05) is 5.73 Å². The fourth-order valence-corrected chi connectivity index (χ4v) is 1.40. The molecule has 2 N–H and O–H groups in total. The van der Waals surface area contributed by atoms with Gasteiger partial charge in [-0.1, -0.05) is 5.16 Å². The minimum absolute atomic E-state index is 0.371. The average Bonchev–Trinajstić information content (AvgIpc) is 2.90. The van der Waals surface area contributed by atoms with Crippen molar-refractivity contribution in [1.29, 1.82) is 0 Å². The van der Waals surface area contributed by atoms with Gasteiger partial charge in [-0.3, -0.25) is 0 Å². The van der Waals surface area contributed by atoms with Gasteiger partial charge >= 0.3 is 0 Å². The minimum Gasteiger partial charge on any atom is -0.384 e. The highest BCUT2D eigenvalue weighted by Gasteiger charge is 2.11. The summed E-state index contributed by atoms with van der Waals surface area (Å²) in [6, 6.07) is 5.14. The van der Waals surface area contributed by atoms with Gasteiger partial charge in [-0.2, -0.15) is 4.98 Å². The zero-order chi connectivity index (χ0) is 12.4. The van der Waals surface area contributed by atoms with Crippen LogP contribution < -0.4 is 5.73 Å². The lowest BCUT2D eigenvalue weighted by molar-refractivity contribution is 0.432. The predicted octanol–water partition coefficient (Wildman–Crippen LogP) is 1.17. The fraction of sp³-hybridized carbons (Fsp3) is 0. The van der Waals surface area contributed by atoms with Crippen molar-refractivity contribution in [1.82, 2.24) is 25.1 Å². The summed E-state index contributed by atoms with van der Waals surface area (Å²) in [5.74, 6) is 1.22. The van der Waals surface area contributed by atoms with E-state index in [2.05, 4.69) is 25.1 Å². The highest BCUT2D eigenvalue weighted by molar-refractivity contribution is 5.57. The van der Waals surface area contributed by atoms with Gasteiger partial charge in [-0.05, 0) is 18.2 Å². The monoisotopic (exact) mass is 240 g/mol. The van der Waals surface area contributed by atoms with Crippen molar-refractivity contribution in [2.45, 2.75) is 0 Å². The number of anilines is 1. The Balaban J connectivity index is 1.97. The summed E-state index contributed by atoms with van der Waals surface area (Å²) < 4.78 is 5.14. The summed E-state index contributed by atoms with van der Waals surface area (Å²) in [7, 11) is 0. The van der Waals surface area contributed by atoms with Gasteiger partial charge in [0, 0.05) is 12.4 Å². The number of rotatable bonds is 2.